The lowest BCUT2D eigenvalue weighted by molar-refractivity contribution is -0.0481. The zero-order valence-electron chi connectivity index (χ0n) is 16.0. The van der Waals surface area contributed by atoms with Gasteiger partial charge in [-0.2, -0.15) is 9.78 Å². The molecule has 12 heteroatoms. The average molecular weight is 454 g/mol. The fraction of sp³-hybridized carbons (Fsp3) is 0.200. The van der Waals surface area contributed by atoms with Gasteiger partial charge < -0.3 is 10.4 Å². The monoisotopic (exact) mass is 454 g/mol. The summed E-state index contributed by atoms with van der Waals surface area (Å²) in [6, 6.07) is 6.07. The Morgan fingerprint density at radius 3 is 2.28 bits per heavy atom. The van der Waals surface area contributed by atoms with Gasteiger partial charge in [0.2, 0.25) is 6.36 Å². The van der Waals surface area contributed by atoms with E-state index in [-0.39, 0.29) is 22.5 Å². The number of pyridine rings is 1. The van der Waals surface area contributed by atoms with Crippen LogP contribution >= 0.6 is 0 Å². The number of halogens is 5. The molecule has 0 aliphatic carbocycles. The Hall–Kier alpha value is -3.67. The van der Waals surface area contributed by atoms with Gasteiger partial charge >= 0.3 is 0 Å². The highest BCUT2D eigenvalue weighted by Crippen LogP contribution is 2.23. The van der Waals surface area contributed by atoms with Crippen LogP contribution in [0.1, 0.15) is 22.3 Å². The SMILES string of the molecule is O=C(N[C@H](C(O)F)C(F)F)c1cc(-c2ccc(C(F)F)cc2)nn(-c2cccnc2)c1=O. The molecule has 2 N–H and O–H groups in total. The Morgan fingerprint density at radius 2 is 1.75 bits per heavy atom. The molecule has 0 saturated heterocycles. The van der Waals surface area contributed by atoms with Gasteiger partial charge in [0.15, 0.2) is 0 Å². The highest BCUT2D eigenvalue weighted by molar-refractivity contribution is 5.95. The second kappa shape index (κ2) is 9.64. The predicted octanol–water partition coefficient (Wildman–Crippen LogP) is 2.88. The first-order valence-electron chi connectivity index (χ1n) is 9.03. The first kappa shape index (κ1) is 23.0. The van der Waals surface area contributed by atoms with Crippen LogP contribution in [0.25, 0.3) is 16.9 Å². The number of rotatable bonds is 7. The number of hydrogen-bond acceptors (Lipinski definition) is 5. The van der Waals surface area contributed by atoms with Crippen molar-refractivity contribution in [3.8, 4) is 16.9 Å². The molecule has 0 bridgehead atoms. The molecule has 1 unspecified atom stereocenters. The van der Waals surface area contributed by atoms with Crippen LogP contribution in [0.2, 0.25) is 0 Å². The lowest BCUT2D eigenvalue weighted by Crippen LogP contribution is -2.48. The summed E-state index contributed by atoms with van der Waals surface area (Å²) in [6.45, 7) is 0. The van der Waals surface area contributed by atoms with Gasteiger partial charge in [0.1, 0.15) is 11.6 Å². The van der Waals surface area contributed by atoms with Gasteiger partial charge in [-0.15, -0.1) is 0 Å². The predicted molar refractivity (Wildman–Crippen MR) is 102 cm³/mol. The van der Waals surface area contributed by atoms with E-state index in [0.29, 0.717) is 0 Å². The molecule has 7 nitrogen and oxygen atoms in total. The number of carbonyl (C=O) groups is 1. The number of benzene rings is 1. The molecule has 0 spiro atoms. The third kappa shape index (κ3) is 4.97. The number of alkyl halides is 5. The van der Waals surface area contributed by atoms with Gasteiger partial charge in [-0.25, -0.2) is 22.0 Å². The van der Waals surface area contributed by atoms with Crippen molar-refractivity contribution >= 4 is 5.91 Å². The van der Waals surface area contributed by atoms with Crippen molar-refractivity contribution in [1.29, 1.82) is 0 Å². The van der Waals surface area contributed by atoms with Crippen LogP contribution in [0.5, 0.6) is 0 Å². The van der Waals surface area contributed by atoms with Crippen molar-refractivity contribution in [3.05, 3.63) is 76.3 Å². The number of aliphatic hydroxyl groups is 1. The molecule has 0 aliphatic heterocycles. The van der Waals surface area contributed by atoms with Gasteiger partial charge in [-0.1, -0.05) is 24.3 Å². The van der Waals surface area contributed by atoms with Crippen LogP contribution in [0.3, 0.4) is 0 Å². The summed E-state index contributed by atoms with van der Waals surface area (Å²) in [5, 5.41) is 14.5. The Balaban J connectivity index is 2.13. The summed E-state index contributed by atoms with van der Waals surface area (Å²) in [5.74, 6) is -1.39. The molecule has 2 atom stereocenters. The van der Waals surface area contributed by atoms with Crippen molar-refractivity contribution < 1.29 is 31.9 Å². The molecule has 1 aromatic carbocycles. The topological polar surface area (TPSA) is 97.1 Å². The first-order chi connectivity index (χ1) is 15.2. The van der Waals surface area contributed by atoms with Crippen LogP contribution in [0.4, 0.5) is 22.0 Å². The molecule has 0 fully saturated rings. The van der Waals surface area contributed by atoms with Crippen LogP contribution < -0.4 is 10.9 Å². The number of hydrogen-bond donors (Lipinski definition) is 2. The summed E-state index contributed by atoms with van der Waals surface area (Å²) in [4.78, 5) is 29.2. The zero-order chi connectivity index (χ0) is 23.4. The Labute approximate surface area is 177 Å². The third-order valence-electron chi connectivity index (χ3n) is 4.37. The molecule has 3 aromatic rings. The third-order valence-corrected chi connectivity index (χ3v) is 4.37. The fourth-order valence-corrected chi connectivity index (χ4v) is 2.73. The second-order valence-electron chi connectivity index (χ2n) is 6.50. The van der Waals surface area contributed by atoms with Crippen molar-refractivity contribution in [1.82, 2.24) is 20.1 Å². The quantitative estimate of drug-likeness (QED) is 0.536. The van der Waals surface area contributed by atoms with Gasteiger partial charge in [0.25, 0.3) is 24.3 Å². The minimum Gasteiger partial charge on any atom is -0.362 e. The normalized spacial score (nSPS) is 13.2. The van der Waals surface area contributed by atoms with E-state index in [1.807, 2.05) is 0 Å². The molecule has 0 radical (unpaired) electrons. The Bertz CT molecular complexity index is 1130. The molecular weight excluding hydrogens is 439 g/mol. The number of aliphatic hydroxyl groups excluding tert-OH is 1. The molecule has 2 aromatic heterocycles. The smallest absolute Gasteiger partial charge is 0.284 e. The Kier molecular flexibility index (Phi) is 6.93. The van der Waals surface area contributed by atoms with Crippen molar-refractivity contribution in [2.45, 2.75) is 25.3 Å². The van der Waals surface area contributed by atoms with Crippen LogP contribution in [0.15, 0.2) is 59.7 Å². The minimum atomic E-state index is -3.46. The van der Waals surface area contributed by atoms with Gasteiger partial charge in [-0.05, 0) is 18.2 Å². The van der Waals surface area contributed by atoms with E-state index in [1.165, 1.54) is 36.7 Å². The number of carbonyl (C=O) groups excluding carboxylic acids is 1. The fourth-order valence-electron chi connectivity index (χ4n) is 2.73. The van der Waals surface area contributed by atoms with E-state index in [1.54, 1.807) is 5.32 Å². The maximum absolute atomic E-state index is 13.1. The summed E-state index contributed by atoms with van der Waals surface area (Å²) in [7, 11) is 0. The highest BCUT2D eigenvalue weighted by Gasteiger charge is 2.31. The molecule has 2 heterocycles. The van der Waals surface area contributed by atoms with E-state index in [2.05, 4.69) is 10.1 Å². The molecule has 1 amide bonds. The van der Waals surface area contributed by atoms with E-state index in [4.69, 9.17) is 5.11 Å². The number of nitrogens with zero attached hydrogens (tertiary/aromatic N) is 3. The number of aromatic nitrogens is 3. The van der Waals surface area contributed by atoms with Crippen molar-refractivity contribution in [2.75, 3.05) is 0 Å². The standard InChI is InChI=1S/C20H15F5N4O3/c21-16(22)11-5-3-10(4-6-11)14-8-13(19(31)27-15(17(23)24)18(25)30)20(32)29(28-14)12-2-1-7-26-9-12/h1-9,15-18,30H,(H,27,31)/t15-,18?/m0/s1. The van der Waals surface area contributed by atoms with Crippen LogP contribution in [-0.2, 0) is 0 Å². The van der Waals surface area contributed by atoms with Gasteiger partial charge in [0, 0.05) is 17.3 Å². The molecular formula is C20H15F5N4O3. The summed E-state index contributed by atoms with van der Waals surface area (Å²) in [6.07, 6.45) is -6.61. The van der Waals surface area contributed by atoms with E-state index >= 15 is 0 Å². The molecule has 0 saturated carbocycles. The lowest BCUT2D eigenvalue weighted by atomic mass is 10.1. The molecule has 3 rings (SSSR count). The van der Waals surface area contributed by atoms with E-state index in [9.17, 15) is 31.5 Å². The number of amides is 1. The maximum Gasteiger partial charge on any atom is 0.284 e. The second-order valence-corrected chi connectivity index (χ2v) is 6.50. The van der Waals surface area contributed by atoms with E-state index < -0.39 is 42.3 Å². The first-order valence-corrected chi connectivity index (χ1v) is 9.03. The van der Waals surface area contributed by atoms with Crippen molar-refractivity contribution in [2.24, 2.45) is 0 Å². The average Bonchev–Trinajstić information content (AvgIpc) is 2.77. The molecule has 32 heavy (non-hydrogen) atoms. The highest BCUT2D eigenvalue weighted by atomic mass is 19.3. The lowest BCUT2D eigenvalue weighted by Gasteiger charge is -2.18. The summed E-state index contributed by atoms with van der Waals surface area (Å²) in [5.41, 5.74) is -1.68. The molecule has 168 valence electrons. The zero-order valence-corrected chi connectivity index (χ0v) is 16.0. The molecule has 0 aliphatic rings. The van der Waals surface area contributed by atoms with E-state index in [0.717, 1.165) is 22.9 Å². The van der Waals surface area contributed by atoms with Gasteiger partial charge in [0.05, 0.1) is 17.6 Å². The summed E-state index contributed by atoms with van der Waals surface area (Å²) < 4.78 is 65.4. The number of nitrogens with one attached hydrogen (secondary N) is 1. The van der Waals surface area contributed by atoms with Gasteiger partial charge in [-0.3, -0.25) is 14.6 Å². The van der Waals surface area contributed by atoms with Crippen LogP contribution in [-0.4, -0.2) is 44.6 Å². The maximum atomic E-state index is 13.1. The minimum absolute atomic E-state index is 0.0335. The Morgan fingerprint density at radius 1 is 1.06 bits per heavy atom. The largest absolute Gasteiger partial charge is 0.362 e. The summed E-state index contributed by atoms with van der Waals surface area (Å²) >= 11 is 0. The van der Waals surface area contributed by atoms with Crippen molar-refractivity contribution in [3.63, 3.8) is 0 Å². The van der Waals surface area contributed by atoms with Crippen LogP contribution in [0, 0.1) is 0 Å².